The number of amides is 2. The van der Waals surface area contributed by atoms with Crippen LogP contribution in [0.5, 0.6) is 0 Å². The molecule has 0 radical (unpaired) electrons. The van der Waals surface area contributed by atoms with Gasteiger partial charge in [-0.2, -0.15) is 0 Å². The van der Waals surface area contributed by atoms with Gasteiger partial charge in [-0.15, -0.1) is 0 Å². The lowest BCUT2D eigenvalue weighted by Gasteiger charge is -2.25. The first kappa shape index (κ1) is 20.0. The Bertz CT molecular complexity index is 551. The average Bonchev–Trinajstić information content (AvgIpc) is 2.61. The van der Waals surface area contributed by atoms with Gasteiger partial charge in [0.1, 0.15) is 6.54 Å². The molecule has 9 nitrogen and oxygen atoms in total. The smallest absolute Gasteiger partial charge is 0.322 e. The molecule has 0 bridgehead atoms. The summed E-state index contributed by atoms with van der Waals surface area (Å²) in [6, 6.07) is -0.164. The minimum Gasteiger partial charge on any atom is -0.494 e. The molecule has 0 aromatic rings. The SMILES string of the molecule is O=C(O)CNC(=O)/C(C(=O)NC1CCCCC1)=C(\O)NC1CCOCC1. The molecule has 9 heteroatoms. The van der Waals surface area contributed by atoms with Crippen LogP contribution in [0.4, 0.5) is 0 Å². The van der Waals surface area contributed by atoms with Crippen LogP contribution in [0.15, 0.2) is 11.5 Å². The fraction of sp³-hybridized carbons (Fsp3) is 0.706. The Morgan fingerprint density at radius 3 is 2.08 bits per heavy atom. The van der Waals surface area contributed by atoms with Gasteiger partial charge in [0.2, 0.25) is 5.88 Å². The second kappa shape index (κ2) is 10.0. The van der Waals surface area contributed by atoms with E-state index in [1.54, 1.807) is 0 Å². The summed E-state index contributed by atoms with van der Waals surface area (Å²) in [7, 11) is 0. The molecule has 2 fully saturated rings. The van der Waals surface area contributed by atoms with Crippen LogP contribution < -0.4 is 16.0 Å². The van der Waals surface area contributed by atoms with Crippen molar-refractivity contribution in [2.75, 3.05) is 19.8 Å². The minimum absolute atomic E-state index is 0.0468. The Balaban J connectivity index is 2.10. The minimum atomic E-state index is -1.23. The number of hydrogen-bond donors (Lipinski definition) is 5. The van der Waals surface area contributed by atoms with Crippen molar-refractivity contribution in [1.29, 1.82) is 0 Å². The number of nitrogens with one attached hydrogen (secondary N) is 3. The number of carboxylic acids is 1. The molecule has 2 rings (SSSR count). The summed E-state index contributed by atoms with van der Waals surface area (Å²) in [6.07, 6.45) is 6.04. The molecule has 0 atom stereocenters. The van der Waals surface area contributed by atoms with Gasteiger partial charge in [-0.05, 0) is 25.7 Å². The van der Waals surface area contributed by atoms with Crippen molar-refractivity contribution in [3.8, 4) is 0 Å². The van der Waals surface area contributed by atoms with Gasteiger partial charge in [0.05, 0.1) is 0 Å². The van der Waals surface area contributed by atoms with Gasteiger partial charge in [-0.1, -0.05) is 19.3 Å². The summed E-state index contributed by atoms with van der Waals surface area (Å²) in [5.74, 6) is -3.38. The summed E-state index contributed by atoms with van der Waals surface area (Å²) in [4.78, 5) is 35.6. The quantitative estimate of drug-likeness (QED) is 0.187. The van der Waals surface area contributed by atoms with Gasteiger partial charge < -0.3 is 30.9 Å². The summed E-state index contributed by atoms with van der Waals surface area (Å²) in [6.45, 7) is 0.420. The van der Waals surface area contributed by atoms with E-state index in [-0.39, 0.29) is 12.1 Å². The molecule has 1 aliphatic heterocycles. The third-order valence-electron chi connectivity index (χ3n) is 4.59. The van der Waals surface area contributed by atoms with Gasteiger partial charge >= 0.3 is 5.97 Å². The van der Waals surface area contributed by atoms with Crippen LogP contribution in [-0.4, -0.2) is 59.8 Å². The predicted octanol–water partition coefficient (Wildman–Crippen LogP) is 0.174. The third-order valence-corrected chi connectivity index (χ3v) is 4.59. The molecular formula is C17H27N3O6. The molecule has 0 unspecified atom stereocenters. The van der Waals surface area contributed by atoms with Gasteiger partial charge in [-0.25, -0.2) is 0 Å². The molecule has 0 spiro atoms. The van der Waals surface area contributed by atoms with Gasteiger partial charge in [0, 0.05) is 25.3 Å². The molecule has 1 saturated carbocycles. The maximum absolute atomic E-state index is 12.6. The maximum atomic E-state index is 12.6. The van der Waals surface area contributed by atoms with Crippen LogP contribution in [0.2, 0.25) is 0 Å². The van der Waals surface area contributed by atoms with E-state index in [9.17, 15) is 19.5 Å². The molecule has 146 valence electrons. The van der Waals surface area contributed by atoms with Crippen molar-refractivity contribution in [3.05, 3.63) is 11.5 Å². The zero-order valence-electron chi connectivity index (χ0n) is 14.8. The number of carboxylic acid groups (broad SMARTS) is 1. The highest BCUT2D eigenvalue weighted by Crippen LogP contribution is 2.18. The summed E-state index contributed by atoms with van der Waals surface area (Å²) in [5.41, 5.74) is -0.483. The topological polar surface area (TPSA) is 137 Å². The molecule has 0 aromatic carbocycles. The first-order valence-electron chi connectivity index (χ1n) is 9.05. The van der Waals surface area contributed by atoms with Crippen molar-refractivity contribution in [3.63, 3.8) is 0 Å². The van der Waals surface area contributed by atoms with E-state index in [1.807, 2.05) is 0 Å². The Morgan fingerprint density at radius 1 is 0.846 bits per heavy atom. The number of aliphatic hydroxyl groups excluding tert-OH is 1. The molecular weight excluding hydrogens is 342 g/mol. The van der Waals surface area contributed by atoms with Gasteiger partial charge in [0.15, 0.2) is 5.57 Å². The van der Waals surface area contributed by atoms with Crippen molar-refractivity contribution in [2.24, 2.45) is 0 Å². The van der Waals surface area contributed by atoms with Crippen LogP contribution in [0.25, 0.3) is 0 Å². The molecule has 2 aliphatic rings. The lowest BCUT2D eigenvalue weighted by molar-refractivity contribution is -0.138. The number of hydrogen-bond acceptors (Lipinski definition) is 6. The predicted molar refractivity (Wildman–Crippen MR) is 92.3 cm³/mol. The number of carbonyl (C=O) groups is 3. The van der Waals surface area contributed by atoms with Crippen LogP contribution in [0, 0.1) is 0 Å². The second-order valence-electron chi connectivity index (χ2n) is 6.64. The Labute approximate surface area is 152 Å². The molecule has 0 aromatic heterocycles. The fourth-order valence-corrected chi connectivity index (χ4v) is 3.17. The van der Waals surface area contributed by atoms with Crippen molar-refractivity contribution < 1.29 is 29.3 Å². The Kier molecular flexibility index (Phi) is 7.71. The van der Waals surface area contributed by atoms with E-state index in [1.165, 1.54) is 0 Å². The maximum Gasteiger partial charge on any atom is 0.322 e. The van der Waals surface area contributed by atoms with E-state index in [2.05, 4.69) is 16.0 Å². The molecule has 5 N–H and O–H groups in total. The number of rotatable bonds is 7. The highest BCUT2D eigenvalue weighted by molar-refractivity contribution is 6.19. The molecule has 26 heavy (non-hydrogen) atoms. The normalized spacial score (nSPS) is 20.0. The van der Waals surface area contributed by atoms with E-state index < -0.39 is 35.8 Å². The largest absolute Gasteiger partial charge is 0.494 e. The number of carbonyl (C=O) groups excluding carboxylic acids is 2. The van der Waals surface area contributed by atoms with Crippen LogP contribution >= 0.6 is 0 Å². The van der Waals surface area contributed by atoms with E-state index in [4.69, 9.17) is 9.84 Å². The van der Waals surface area contributed by atoms with E-state index >= 15 is 0 Å². The third kappa shape index (κ3) is 6.21. The van der Waals surface area contributed by atoms with E-state index in [0.717, 1.165) is 32.1 Å². The zero-order valence-corrected chi connectivity index (χ0v) is 14.8. The number of ether oxygens (including phenoxy) is 1. The van der Waals surface area contributed by atoms with Crippen molar-refractivity contribution >= 4 is 17.8 Å². The number of aliphatic carboxylic acids is 1. The zero-order chi connectivity index (χ0) is 18.9. The lowest BCUT2D eigenvalue weighted by Crippen LogP contribution is -2.44. The average molecular weight is 369 g/mol. The second-order valence-corrected chi connectivity index (χ2v) is 6.64. The highest BCUT2D eigenvalue weighted by atomic mass is 16.5. The van der Waals surface area contributed by atoms with Gasteiger partial charge in [-0.3, -0.25) is 14.4 Å². The van der Waals surface area contributed by atoms with Crippen LogP contribution in [0.3, 0.4) is 0 Å². The van der Waals surface area contributed by atoms with Crippen molar-refractivity contribution in [2.45, 2.75) is 57.0 Å². The lowest BCUT2D eigenvalue weighted by atomic mass is 9.95. The standard InChI is InChI=1S/C17H27N3O6/c21-13(22)10-18-15(23)14(16(24)19-11-4-2-1-3-5-11)17(25)20-12-6-8-26-9-7-12/h11-12,20,25H,1-10H2,(H,18,23)(H,19,24)(H,21,22)/b17-14+. The Hall–Kier alpha value is -2.29. The fourth-order valence-electron chi connectivity index (χ4n) is 3.17. The summed E-state index contributed by atoms with van der Waals surface area (Å²) < 4.78 is 5.24. The van der Waals surface area contributed by atoms with Crippen LogP contribution in [0.1, 0.15) is 44.9 Å². The summed E-state index contributed by atoms with van der Waals surface area (Å²) >= 11 is 0. The molecule has 2 amide bonds. The first-order chi connectivity index (χ1) is 12.5. The monoisotopic (exact) mass is 369 g/mol. The van der Waals surface area contributed by atoms with Crippen molar-refractivity contribution in [1.82, 2.24) is 16.0 Å². The molecule has 1 saturated heterocycles. The number of aliphatic hydroxyl groups is 1. The first-order valence-corrected chi connectivity index (χ1v) is 9.05. The highest BCUT2D eigenvalue weighted by Gasteiger charge is 2.28. The molecule has 1 aliphatic carbocycles. The summed E-state index contributed by atoms with van der Waals surface area (Å²) in [5, 5.41) is 26.8. The van der Waals surface area contributed by atoms with Crippen LogP contribution in [-0.2, 0) is 19.1 Å². The van der Waals surface area contributed by atoms with E-state index in [0.29, 0.717) is 26.1 Å². The Morgan fingerprint density at radius 2 is 1.46 bits per heavy atom. The molecule has 1 heterocycles. The van der Waals surface area contributed by atoms with Gasteiger partial charge in [0.25, 0.3) is 11.8 Å².